The smallest absolute Gasteiger partial charge is 0.222 e. The summed E-state index contributed by atoms with van der Waals surface area (Å²) >= 11 is 1.80. The summed E-state index contributed by atoms with van der Waals surface area (Å²) in [6.07, 6.45) is 3.80. The molecule has 0 unspecified atom stereocenters. The van der Waals surface area contributed by atoms with Crippen molar-refractivity contribution in [1.29, 1.82) is 0 Å². The predicted octanol–water partition coefficient (Wildman–Crippen LogP) is 2.41. The zero-order valence-corrected chi connectivity index (χ0v) is 12.9. The van der Waals surface area contributed by atoms with Crippen LogP contribution in [0.4, 0.5) is 5.95 Å². The highest BCUT2D eigenvalue weighted by atomic mass is 32.1. The largest absolute Gasteiger partial charge is 0.376 e. The van der Waals surface area contributed by atoms with Crippen LogP contribution in [0.3, 0.4) is 0 Å². The Bertz CT molecular complexity index is 534. The van der Waals surface area contributed by atoms with Crippen molar-refractivity contribution in [3.63, 3.8) is 0 Å². The van der Waals surface area contributed by atoms with Crippen LogP contribution < -0.4 is 5.32 Å². The third-order valence-electron chi connectivity index (χ3n) is 3.60. The van der Waals surface area contributed by atoms with E-state index in [1.54, 1.807) is 23.7 Å². The molecule has 0 spiro atoms. The predicted molar refractivity (Wildman–Crippen MR) is 84.6 cm³/mol. The summed E-state index contributed by atoms with van der Waals surface area (Å²) < 4.78 is 5.65. The van der Waals surface area contributed by atoms with E-state index in [9.17, 15) is 0 Å². The minimum atomic E-state index is 0.286. The van der Waals surface area contributed by atoms with Crippen LogP contribution in [0.1, 0.15) is 17.8 Å². The Kier molecular flexibility index (Phi) is 4.80. The van der Waals surface area contributed by atoms with Crippen LogP contribution in [0, 0.1) is 0 Å². The summed E-state index contributed by atoms with van der Waals surface area (Å²) in [5.74, 6) is 0.681. The molecule has 0 aromatic carbocycles. The van der Waals surface area contributed by atoms with Gasteiger partial charge in [0.1, 0.15) is 0 Å². The Morgan fingerprint density at radius 2 is 2.29 bits per heavy atom. The summed E-state index contributed by atoms with van der Waals surface area (Å²) in [6, 6.07) is 6.46. The number of morpholine rings is 1. The minimum Gasteiger partial charge on any atom is -0.376 e. The van der Waals surface area contributed by atoms with Crippen molar-refractivity contribution in [3.8, 4) is 0 Å². The molecule has 21 heavy (non-hydrogen) atoms. The number of aromatic nitrogens is 2. The molecular weight excluding hydrogens is 284 g/mol. The summed E-state index contributed by atoms with van der Waals surface area (Å²) in [4.78, 5) is 12.3. The fourth-order valence-electron chi connectivity index (χ4n) is 2.60. The quantitative estimate of drug-likeness (QED) is 0.919. The van der Waals surface area contributed by atoms with Gasteiger partial charge in [0.2, 0.25) is 5.95 Å². The number of nitrogens with one attached hydrogen (secondary N) is 1. The van der Waals surface area contributed by atoms with Gasteiger partial charge in [-0.05, 0) is 24.4 Å². The van der Waals surface area contributed by atoms with Crippen LogP contribution in [0.15, 0.2) is 36.0 Å². The lowest BCUT2D eigenvalue weighted by Gasteiger charge is -2.37. The SMILES string of the molecule is C[C@@H]1CN([C@H](CNc2ncccn2)c2cccs2)CCO1. The Balaban J connectivity index is 1.70. The van der Waals surface area contributed by atoms with E-state index in [2.05, 4.69) is 44.6 Å². The van der Waals surface area contributed by atoms with Gasteiger partial charge in [-0.2, -0.15) is 0 Å². The van der Waals surface area contributed by atoms with E-state index in [1.165, 1.54) is 4.88 Å². The molecule has 1 fully saturated rings. The van der Waals surface area contributed by atoms with Crippen molar-refractivity contribution >= 4 is 17.3 Å². The molecule has 5 nitrogen and oxygen atoms in total. The van der Waals surface area contributed by atoms with Gasteiger partial charge in [0, 0.05) is 36.9 Å². The van der Waals surface area contributed by atoms with E-state index in [1.807, 2.05) is 6.07 Å². The van der Waals surface area contributed by atoms with Gasteiger partial charge in [0.05, 0.1) is 18.8 Å². The van der Waals surface area contributed by atoms with E-state index in [-0.39, 0.29) is 6.10 Å². The number of ether oxygens (including phenoxy) is 1. The molecule has 1 saturated heterocycles. The van der Waals surface area contributed by atoms with Crippen molar-refractivity contribution in [3.05, 3.63) is 40.8 Å². The highest BCUT2D eigenvalue weighted by Gasteiger charge is 2.26. The van der Waals surface area contributed by atoms with Gasteiger partial charge in [0.25, 0.3) is 0 Å². The van der Waals surface area contributed by atoms with Crippen molar-refractivity contribution in [2.45, 2.75) is 19.1 Å². The Morgan fingerprint density at radius 3 is 3.00 bits per heavy atom. The van der Waals surface area contributed by atoms with Crippen LogP contribution in [0.2, 0.25) is 0 Å². The minimum absolute atomic E-state index is 0.286. The third kappa shape index (κ3) is 3.78. The van der Waals surface area contributed by atoms with Crippen molar-refractivity contribution in [2.24, 2.45) is 0 Å². The zero-order chi connectivity index (χ0) is 14.5. The number of hydrogen-bond acceptors (Lipinski definition) is 6. The standard InChI is InChI=1S/C15H20N4OS/c1-12-11-19(7-8-20-12)13(14-4-2-9-21-14)10-18-15-16-5-3-6-17-15/h2-6,9,12-13H,7-8,10-11H2,1H3,(H,16,17,18)/t12-,13-/m1/s1. The summed E-state index contributed by atoms with van der Waals surface area (Å²) in [7, 11) is 0. The average molecular weight is 304 g/mol. The lowest BCUT2D eigenvalue weighted by molar-refractivity contribution is -0.0322. The normalized spacial score (nSPS) is 21.1. The second-order valence-electron chi connectivity index (χ2n) is 5.16. The molecule has 0 radical (unpaired) electrons. The van der Waals surface area contributed by atoms with Gasteiger partial charge >= 0.3 is 0 Å². The first-order valence-electron chi connectivity index (χ1n) is 7.23. The van der Waals surface area contributed by atoms with Crippen molar-refractivity contribution < 1.29 is 4.74 Å². The fourth-order valence-corrected chi connectivity index (χ4v) is 3.46. The number of nitrogens with zero attached hydrogens (tertiary/aromatic N) is 3. The summed E-state index contributed by atoms with van der Waals surface area (Å²) in [5, 5.41) is 5.48. The molecular formula is C15H20N4OS. The molecule has 3 heterocycles. The zero-order valence-electron chi connectivity index (χ0n) is 12.1. The molecule has 0 saturated carbocycles. The third-order valence-corrected chi connectivity index (χ3v) is 4.58. The Hall–Kier alpha value is -1.50. The molecule has 1 aliphatic rings. The van der Waals surface area contributed by atoms with Crippen molar-refractivity contribution in [1.82, 2.24) is 14.9 Å². The number of thiophene rings is 1. The molecule has 3 rings (SSSR count). The summed E-state index contributed by atoms with van der Waals surface area (Å²) in [6.45, 7) is 5.65. The molecule has 2 atom stereocenters. The molecule has 112 valence electrons. The first-order chi connectivity index (χ1) is 10.3. The van der Waals surface area contributed by atoms with E-state index in [0.717, 1.165) is 26.2 Å². The number of hydrogen-bond donors (Lipinski definition) is 1. The maximum atomic E-state index is 5.65. The molecule has 0 bridgehead atoms. The Labute approximate surface area is 129 Å². The second kappa shape index (κ2) is 6.98. The first kappa shape index (κ1) is 14.4. The van der Waals surface area contributed by atoms with Crippen LogP contribution >= 0.6 is 11.3 Å². The molecule has 2 aromatic heterocycles. The average Bonchev–Trinajstić information content (AvgIpc) is 3.03. The van der Waals surface area contributed by atoms with Gasteiger partial charge in [-0.15, -0.1) is 11.3 Å². The van der Waals surface area contributed by atoms with Gasteiger partial charge in [-0.3, -0.25) is 4.90 Å². The van der Waals surface area contributed by atoms with Gasteiger partial charge in [-0.25, -0.2) is 9.97 Å². The van der Waals surface area contributed by atoms with Crippen LogP contribution in [-0.4, -0.2) is 47.2 Å². The highest BCUT2D eigenvalue weighted by Crippen LogP contribution is 2.27. The molecule has 1 aliphatic heterocycles. The topological polar surface area (TPSA) is 50.3 Å². The van der Waals surface area contributed by atoms with E-state index >= 15 is 0 Å². The highest BCUT2D eigenvalue weighted by molar-refractivity contribution is 7.10. The van der Waals surface area contributed by atoms with Crippen molar-refractivity contribution in [2.75, 3.05) is 31.6 Å². The van der Waals surface area contributed by atoms with Gasteiger partial charge in [0.15, 0.2) is 0 Å². The van der Waals surface area contributed by atoms with Crippen LogP contribution in [0.5, 0.6) is 0 Å². The number of rotatable bonds is 5. The molecule has 0 amide bonds. The molecule has 0 aliphatic carbocycles. The maximum Gasteiger partial charge on any atom is 0.222 e. The monoisotopic (exact) mass is 304 g/mol. The molecule has 6 heteroatoms. The van der Waals surface area contributed by atoms with Gasteiger partial charge < -0.3 is 10.1 Å². The summed E-state index contributed by atoms with van der Waals surface area (Å²) in [5.41, 5.74) is 0. The van der Waals surface area contributed by atoms with E-state index in [0.29, 0.717) is 12.0 Å². The lowest BCUT2D eigenvalue weighted by Crippen LogP contribution is -2.44. The lowest BCUT2D eigenvalue weighted by atomic mass is 10.1. The fraction of sp³-hybridized carbons (Fsp3) is 0.467. The van der Waals surface area contributed by atoms with Crippen LogP contribution in [0.25, 0.3) is 0 Å². The van der Waals surface area contributed by atoms with Gasteiger partial charge in [-0.1, -0.05) is 6.07 Å². The first-order valence-corrected chi connectivity index (χ1v) is 8.11. The van der Waals surface area contributed by atoms with E-state index < -0.39 is 0 Å². The van der Waals surface area contributed by atoms with Crippen LogP contribution in [-0.2, 0) is 4.74 Å². The molecule has 2 aromatic rings. The molecule has 1 N–H and O–H groups in total. The second-order valence-corrected chi connectivity index (χ2v) is 6.14. The maximum absolute atomic E-state index is 5.65. The number of anilines is 1. The van der Waals surface area contributed by atoms with E-state index in [4.69, 9.17) is 4.74 Å². The Morgan fingerprint density at radius 1 is 1.43 bits per heavy atom.